The molecule has 0 N–H and O–H groups in total. The van der Waals surface area contributed by atoms with Crippen LogP contribution in [0.15, 0.2) is 64.5 Å². The van der Waals surface area contributed by atoms with E-state index in [0.29, 0.717) is 0 Å². The van der Waals surface area contributed by atoms with Crippen molar-refractivity contribution in [2.45, 2.75) is 38.3 Å². The molecule has 4 rings (SSSR count). The highest BCUT2D eigenvalue weighted by atomic mass is 32.2. The van der Waals surface area contributed by atoms with E-state index in [0.717, 1.165) is 57.4 Å². The quantitative estimate of drug-likeness (QED) is 0.242. The number of hydrogen-bond donors (Lipinski definition) is 0. The number of methoxy groups -OCH3 is 1. The van der Waals surface area contributed by atoms with Crippen LogP contribution in [0.4, 0.5) is 0 Å². The van der Waals surface area contributed by atoms with Crippen molar-refractivity contribution >= 4 is 33.3 Å². The van der Waals surface area contributed by atoms with Gasteiger partial charge in [0, 0.05) is 10.6 Å². The molecule has 0 radical (unpaired) electrons. The highest BCUT2D eigenvalue weighted by Crippen LogP contribution is 2.31. The average Bonchev–Trinajstić information content (AvgIpc) is 3.10. The summed E-state index contributed by atoms with van der Waals surface area (Å²) in [4.78, 5) is 20.7. The van der Waals surface area contributed by atoms with Crippen LogP contribution in [0.3, 0.4) is 0 Å². The zero-order valence-electron chi connectivity index (χ0n) is 18.1. The number of fused-ring (bicyclic) bond motifs is 1. The SMILES string of the molecule is CCCc1sc2nc(SCCc3ccccc3)n(-c3ccc(OC)cc3)c(=O)c2c1C. The Balaban J connectivity index is 1.78. The zero-order chi connectivity index (χ0) is 21.8. The van der Waals surface area contributed by atoms with Crippen LogP contribution in [0.5, 0.6) is 5.75 Å². The monoisotopic (exact) mass is 450 g/mol. The summed E-state index contributed by atoms with van der Waals surface area (Å²) in [6.07, 6.45) is 2.96. The van der Waals surface area contributed by atoms with E-state index in [1.807, 2.05) is 37.3 Å². The molecule has 4 aromatic rings. The molecule has 0 amide bonds. The number of aryl methyl sites for hydroxylation is 3. The van der Waals surface area contributed by atoms with Crippen molar-refractivity contribution in [2.75, 3.05) is 12.9 Å². The summed E-state index contributed by atoms with van der Waals surface area (Å²) in [5.41, 5.74) is 3.17. The molecule has 160 valence electrons. The van der Waals surface area contributed by atoms with Crippen molar-refractivity contribution < 1.29 is 4.74 Å². The van der Waals surface area contributed by atoms with Crippen molar-refractivity contribution in [1.82, 2.24) is 9.55 Å². The van der Waals surface area contributed by atoms with Gasteiger partial charge >= 0.3 is 0 Å². The second-order valence-electron chi connectivity index (χ2n) is 7.40. The number of hydrogen-bond acceptors (Lipinski definition) is 5. The van der Waals surface area contributed by atoms with Crippen molar-refractivity contribution in [3.8, 4) is 11.4 Å². The van der Waals surface area contributed by atoms with Crippen LogP contribution in [0.2, 0.25) is 0 Å². The lowest BCUT2D eigenvalue weighted by Gasteiger charge is -2.13. The van der Waals surface area contributed by atoms with Crippen molar-refractivity contribution in [2.24, 2.45) is 0 Å². The maximum atomic E-state index is 13.7. The molecule has 0 bridgehead atoms. The molecule has 0 aliphatic heterocycles. The van der Waals surface area contributed by atoms with Crippen LogP contribution < -0.4 is 10.3 Å². The highest BCUT2D eigenvalue weighted by molar-refractivity contribution is 7.99. The standard InChI is InChI=1S/C25H26N2O2S2/c1-4-8-21-17(2)22-23(31-21)26-25(30-16-15-18-9-6-5-7-10-18)27(24(22)28)19-11-13-20(29-3)14-12-19/h5-7,9-14H,4,8,15-16H2,1-3H3. The van der Waals surface area contributed by atoms with Crippen molar-refractivity contribution in [3.63, 3.8) is 0 Å². The molecular weight excluding hydrogens is 424 g/mol. The molecule has 0 spiro atoms. The first kappa shape index (κ1) is 21.7. The Morgan fingerprint density at radius 3 is 2.48 bits per heavy atom. The summed E-state index contributed by atoms with van der Waals surface area (Å²) in [5.74, 6) is 1.62. The fraction of sp³-hybridized carbons (Fsp3) is 0.280. The van der Waals surface area contributed by atoms with Gasteiger partial charge in [-0.3, -0.25) is 9.36 Å². The van der Waals surface area contributed by atoms with Gasteiger partial charge in [0.2, 0.25) is 0 Å². The minimum absolute atomic E-state index is 0.00785. The minimum Gasteiger partial charge on any atom is -0.497 e. The maximum Gasteiger partial charge on any atom is 0.267 e. The molecule has 0 unspecified atom stereocenters. The molecular formula is C25H26N2O2S2. The van der Waals surface area contributed by atoms with Gasteiger partial charge in [-0.15, -0.1) is 11.3 Å². The average molecular weight is 451 g/mol. The van der Waals surface area contributed by atoms with E-state index in [-0.39, 0.29) is 5.56 Å². The van der Waals surface area contributed by atoms with E-state index in [1.54, 1.807) is 34.8 Å². The summed E-state index contributed by atoms with van der Waals surface area (Å²) in [5, 5.41) is 1.49. The first-order valence-corrected chi connectivity index (χ1v) is 12.3. The van der Waals surface area contributed by atoms with Gasteiger partial charge in [-0.05, 0) is 55.2 Å². The van der Waals surface area contributed by atoms with Crippen LogP contribution in [-0.2, 0) is 12.8 Å². The minimum atomic E-state index is 0.00785. The van der Waals surface area contributed by atoms with Crippen LogP contribution >= 0.6 is 23.1 Å². The van der Waals surface area contributed by atoms with Gasteiger partial charge in [0.1, 0.15) is 10.6 Å². The van der Waals surface area contributed by atoms with Gasteiger partial charge in [0.15, 0.2) is 5.16 Å². The molecule has 0 atom stereocenters. The van der Waals surface area contributed by atoms with Crippen LogP contribution in [0, 0.1) is 6.92 Å². The number of thioether (sulfide) groups is 1. The number of aromatic nitrogens is 2. The Morgan fingerprint density at radius 2 is 1.81 bits per heavy atom. The molecule has 0 aliphatic rings. The number of benzene rings is 2. The first-order chi connectivity index (χ1) is 15.1. The largest absolute Gasteiger partial charge is 0.497 e. The predicted octanol–water partition coefficient (Wildman–Crippen LogP) is 6.05. The van der Waals surface area contributed by atoms with Crippen molar-refractivity contribution in [1.29, 1.82) is 0 Å². The summed E-state index contributed by atoms with van der Waals surface area (Å²) >= 11 is 3.29. The summed E-state index contributed by atoms with van der Waals surface area (Å²) in [7, 11) is 1.64. The van der Waals surface area contributed by atoms with Crippen LogP contribution in [0.25, 0.3) is 15.9 Å². The van der Waals surface area contributed by atoms with Gasteiger partial charge in [-0.1, -0.05) is 55.4 Å². The maximum absolute atomic E-state index is 13.7. The number of nitrogens with zero attached hydrogens (tertiary/aromatic N) is 2. The van der Waals surface area contributed by atoms with E-state index in [1.165, 1.54) is 10.4 Å². The lowest BCUT2D eigenvalue weighted by Crippen LogP contribution is -2.21. The smallest absolute Gasteiger partial charge is 0.267 e. The Kier molecular flexibility index (Phi) is 6.78. The van der Waals surface area contributed by atoms with Gasteiger partial charge in [-0.2, -0.15) is 0 Å². The first-order valence-electron chi connectivity index (χ1n) is 10.5. The fourth-order valence-corrected chi connectivity index (χ4v) is 5.96. The summed E-state index contributed by atoms with van der Waals surface area (Å²) < 4.78 is 7.05. The second-order valence-corrected chi connectivity index (χ2v) is 9.54. The van der Waals surface area contributed by atoms with Crippen LogP contribution in [-0.4, -0.2) is 22.4 Å². The molecule has 0 aliphatic carbocycles. The van der Waals surface area contributed by atoms with Gasteiger partial charge < -0.3 is 4.74 Å². The van der Waals surface area contributed by atoms with E-state index in [9.17, 15) is 4.79 Å². The van der Waals surface area contributed by atoms with E-state index < -0.39 is 0 Å². The van der Waals surface area contributed by atoms with Crippen molar-refractivity contribution in [3.05, 3.63) is 81.0 Å². The molecule has 0 saturated heterocycles. The molecule has 2 aromatic carbocycles. The lowest BCUT2D eigenvalue weighted by molar-refractivity contribution is 0.414. The van der Waals surface area contributed by atoms with E-state index in [4.69, 9.17) is 9.72 Å². The number of thiophene rings is 1. The van der Waals surface area contributed by atoms with E-state index in [2.05, 4.69) is 31.2 Å². The van der Waals surface area contributed by atoms with Gasteiger partial charge in [0.05, 0.1) is 18.2 Å². The number of rotatable bonds is 8. The van der Waals surface area contributed by atoms with E-state index >= 15 is 0 Å². The molecule has 2 heterocycles. The highest BCUT2D eigenvalue weighted by Gasteiger charge is 2.19. The Labute approximate surface area is 190 Å². The lowest BCUT2D eigenvalue weighted by atomic mass is 10.1. The normalized spacial score (nSPS) is 11.2. The predicted molar refractivity (Wildman–Crippen MR) is 131 cm³/mol. The Bertz CT molecular complexity index is 1230. The Hall–Kier alpha value is -2.57. The number of ether oxygens (including phenoxy) is 1. The Morgan fingerprint density at radius 1 is 1.06 bits per heavy atom. The van der Waals surface area contributed by atoms with Gasteiger partial charge in [-0.25, -0.2) is 4.98 Å². The molecule has 2 aromatic heterocycles. The molecule has 4 nitrogen and oxygen atoms in total. The molecule has 0 saturated carbocycles. The zero-order valence-corrected chi connectivity index (χ0v) is 19.7. The summed E-state index contributed by atoms with van der Waals surface area (Å²) in [6.45, 7) is 4.21. The molecule has 31 heavy (non-hydrogen) atoms. The molecule has 6 heteroatoms. The van der Waals surface area contributed by atoms with Gasteiger partial charge in [0.25, 0.3) is 5.56 Å². The van der Waals surface area contributed by atoms with Crippen LogP contribution in [0.1, 0.15) is 29.3 Å². The molecule has 0 fully saturated rings. The third-order valence-electron chi connectivity index (χ3n) is 5.30. The second kappa shape index (κ2) is 9.71. The topological polar surface area (TPSA) is 44.1 Å². The third-order valence-corrected chi connectivity index (χ3v) is 7.49. The fourth-order valence-electron chi connectivity index (χ4n) is 3.64. The summed E-state index contributed by atoms with van der Waals surface area (Å²) in [6, 6.07) is 18.0. The third kappa shape index (κ3) is 4.55.